The van der Waals surface area contributed by atoms with Gasteiger partial charge in [0.1, 0.15) is 11.5 Å². The highest BCUT2D eigenvalue weighted by atomic mass is 19.1. The molecule has 1 aromatic carbocycles. The zero-order valence-electron chi connectivity index (χ0n) is 11.9. The number of amides is 1. The van der Waals surface area contributed by atoms with Crippen LogP contribution >= 0.6 is 0 Å². The summed E-state index contributed by atoms with van der Waals surface area (Å²) in [7, 11) is 0. The first kappa shape index (κ1) is 13.0. The fourth-order valence-corrected chi connectivity index (χ4v) is 2.91. The topological polar surface area (TPSA) is 37.6 Å². The number of carbonyl (C=O) groups is 1. The Balaban J connectivity index is 1.66. The molecule has 2 aromatic heterocycles. The molecule has 0 bridgehead atoms. The van der Waals surface area contributed by atoms with E-state index in [0.29, 0.717) is 18.7 Å². The van der Waals surface area contributed by atoms with Gasteiger partial charge >= 0.3 is 0 Å². The van der Waals surface area contributed by atoms with Crippen molar-refractivity contribution in [3.8, 4) is 0 Å². The van der Waals surface area contributed by atoms with E-state index < -0.39 is 0 Å². The number of imidazole rings is 1. The summed E-state index contributed by atoms with van der Waals surface area (Å²) in [5, 5.41) is 0. The van der Waals surface area contributed by atoms with Crippen molar-refractivity contribution in [2.24, 2.45) is 0 Å². The Morgan fingerprint density at radius 3 is 2.77 bits per heavy atom. The molecule has 110 valence electrons. The number of aromatic nitrogens is 2. The second-order valence-corrected chi connectivity index (χ2v) is 5.42. The third-order valence-corrected chi connectivity index (χ3v) is 4.05. The lowest BCUT2D eigenvalue weighted by Crippen LogP contribution is -2.36. The maximum absolute atomic E-state index is 13.0. The fourth-order valence-electron chi connectivity index (χ4n) is 2.91. The summed E-state index contributed by atoms with van der Waals surface area (Å²) in [6, 6.07) is 11.6. The maximum Gasteiger partial charge on any atom is 0.254 e. The number of nitrogens with zero attached hydrogens (tertiary/aromatic N) is 3. The van der Waals surface area contributed by atoms with Crippen molar-refractivity contribution in [1.29, 1.82) is 0 Å². The molecule has 4 nitrogen and oxygen atoms in total. The second-order valence-electron chi connectivity index (χ2n) is 5.42. The lowest BCUT2D eigenvalue weighted by molar-refractivity contribution is 0.0731. The Hall–Kier alpha value is -2.69. The van der Waals surface area contributed by atoms with Crippen molar-refractivity contribution >= 4 is 11.6 Å². The number of hydrogen-bond donors (Lipinski definition) is 0. The van der Waals surface area contributed by atoms with Gasteiger partial charge in [0.2, 0.25) is 0 Å². The van der Waals surface area contributed by atoms with E-state index in [0.717, 1.165) is 23.5 Å². The van der Waals surface area contributed by atoms with Gasteiger partial charge in [0.15, 0.2) is 0 Å². The number of benzene rings is 1. The van der Waals surface area contributed by atoms with E-state index in [2.05, 4.69) is 4.98 Å². The maximum atomic E-state index is 13.0. The van der Waals surface area contributed by atoms with E-state index in [1.54, 1.807) is 4.90 Å². The van der Waals surface area contributed by atoms with E-state index >= 15 is 0 Å². The van der Waals surface area contributed by atoms with Crippen LogP contribution in [0.1, 0.15) is 21.7 Å². The van der Waals surface area contributed by atoms with Crippen LogP contribution in [0.4, 0.5) is 4.39 Å². The molecule has 0 atom stereocenters. The number of carbonyl (C=O) groups excluding carboxylic acids is 1. The van der Waals surface area contributed by atoms with Gasteiger partial charge in [0.05, 0.1) is 17.9 Å². The molecule has 3 heterocycles. The van der Waals surface area contributed by atoms with Gasteiger partial charge in [-0.3, -0.25) is 4.79 Å². The summed E-state index contributed by atoms with van der Waals surface area (Å²) >= 11 is 0. The van der Waals surface area contributed by atoms with E-state index in [9.17, 15) is 9.18 Å². The minimum absolute atomic E-state index is 0.0727. The molecular formula is C17H14FN3O. The number of fused-ring (bicyclic) bond motifs is 3. The molecule has 0 saturated carbocycles. The number of pyridine rings is 1. The van der Waals surface area contributed by atoms with Crippen LogP contribution in [0, 0.1) is 5.82 Å². The van der Waals surface area contributed by atoms with E-state index in [4.69, 9.17) is 0 Å². The summed E-state index contributed by atoms with van der Waals surface area (Å²) in [6.45, 7) is 1.16. The predicted molar refractivity (Wildman–Crippen MR) is 80.0 cm³/mol. The minimum Gasteiger partial charge on any atom is -0.332 e. The molecule has 0 unspecified atom stereocenters. The van der Waals surface area contributed by atoms with Crippen LogP contribution in [0.5, 0.6) is 0 Å². The molecule has 0 N–H and O–H groups in total. The van der Waals surface area contributed by atoms with Crippen molar-refractivity contribution in [2.45, 2.75) is 13.0 Å². The van der Waals surface area contributed by atoms with Crippen molar-refractivity contribution in [2.75, 3.05) is 6.54 Å². The molecule has 0 aliphatic carbocycles. The zero-order chi connectivity index (χ0) is 15.1. The number of rotatable bonds is 1. The van der Waals surface area contributed by atoms with Crippen LogP contribution in [0.2, 0.25) is 0 Å². The smallest absolute Gasteiger partial charge is 0.254 e. The standard InChI is InChI=1S/C17H14FN3O/c18-13-6-4-12(5-7-13)17(22)20-10-8-14-15(11-20)21-9-2-1-3-16(21)19-14/h1-7,9H,8,10-11H2. The molecule has 0 fully saturated rings. The highest BCUT2D eigenvalue weighted by molar-refractivity contribution is 5.94. The fraction of sp³-hybridized carbons (Fsp3) is 0.176. The highest BCUT2D eigenvalue weighted by Gasteiger charge is 2.25. The van der Waals surface area contributed by atoms with Gasteiger partial charge < -0.3 is 9.30 Å². The number of hydrogen-bond acceptors (Lipinski definition) is 2. The van der Waals surface area contributed by atoms with E-state index in [-0.39, 0.29) is 11.7 Å². The number of halogens is 1. The molecule has 4 rings (SSSR count). The Bertz CT molecular complexity index is 854. The molecule has 5 heteroatoms. The van der Waals surface area contributed by atoms with Gasteiger partial charge in [0.25, 0.3) is 5.91 Å². The van der Waals surface area contributed by atoms with Gasteiger partial charge in [-0.05, 0) is 36.4 Å². The van der Waals surface area contributed by atoms with Crippen LogP contribution in [0.3, 0.4) is 0 Å². The Kier molecular flexibility index (Phi) is 2.92. The normalized spacial score (nSPS) is 14.1. The highest BCUT2D eigenvalue weighted by Crippen LogP contribution is 2.21. The first-order valence-electron chi connectivity index (χ1n) is 7.22. The molecule has 22 heavy (non-hydrogen) atoms. The Morgan fingerprint density at radius 2 is 1.95 bits per heavy atom. The first-order chi connectivity index (χ1) is 10.7. The van der Waals surface area contributed by atoms with E-state index in [1.807, 2.05) is 28.8 Å². The minimum atomic E-state index is -0.334. The monoisotopic (exact) mass is 295 g/mol. The van der Waals surface area contributed by atoms with Crippen molar-refractivity contribution in [3.05, 3.63) is 71.4 Å². The summed E-state index contributed by atoms with van der Waals surface area (Å²) in [5.74, 6) is -0.407. The molecular weight excluding hydrogens is 281 g/mol. The average Bonchev–Trinajstić information content (AvgIpc) is 2.92. The van der Waals surface area contributed by atoms with Crippen LogP contribution < -0.4 is 0 Å². The largest absolute Gasteiger partial charge is 0.332 e. The lowest BCUT2D eigenvalue weighted by Gasteiger charge is -2.26. The Labute approximate surface area is 126 Å². The lowest BCUT2D eigenvalue weighted by atomic mass is 10.1. The van der Waals surface area contributed by atoms with Gasteiger partial charge in [-0.15, -0.1) is 0 Å². The van der Waals surface area contributed by atoms with Crippen molar-refractivity contribution in [3.63, 3.8) is 0 Å². The van der Waals surface area contributed by atoms with Crippen LogP contribution in [0.15, 0.2) is 48.7 Å². The molecule has 1 aliphatic heterocycles. The van der Waals surface area contributed by atoms with Gasteiger partial charge in [-0.1, -0.05) is 6.07 Å². The van der Waals surface area contributed by atoms with Gasteiger partial charge in [-0.2, -0.15) is 0 Å². The van der Waals surface area contributed by atoms with Crippen LogP contribution in [0.25, 0.3) is 5.65 Å². The van der Waals surface area contributed by atoms with Gasteiger partial charge in [-0.25, -0.2) is 9.37 Å². The van der Waals surface area contributed by atoms with Crippen LogP contribution in [-0.4, -0.2) is 26.7 Å². The predicted octanol–water partition coefficient (Wildman–Crippen LogP) is 2.67. The third kappa shape index (κ3) is 2.06. The van der Waals surface area contributed by atoms with Crippen molar-refractivity contribution < 1.29 is 9.18 Å². The van der Waals surface area contributed by atoms with Crippen molar-refractivity contribution in [1.82, 2.24) is 14.3 Å². The molecule has 1 amide bonds. The zero-order valence-corrected chi connectivity index (χ0v) is 11.9. The third-order valence-electron chi connectivity index (χ3n) is 4.05. The summed E-state index contributed by atoms with van der Waals surface area (Å²) in [5.41, 5.74) is 3.52. The SMILES string of the molecule is O=C(c1ccc(F)cc1)N1CCc2nc3ccccn3c2C1. The summed E-state index contributed by atoms with van der Waals surface area (Å²) in [6.07, 6.45) is 2.71. The van der Waals surface area contributed by atoms with E-state index in [1.165, 1.54) is 24.3 Å². The first-order valence-corrected chi connectivity index (χ1v) is 7.22. The molecule has 1 aliphatic rings. The average molecular weight is 295 g/mol. The molecule has 3 aromatic rings. The molecule has 0 saturated heterocycles. The summed E-state index contributed by atoms with van der Waals surface area (Å²) < 4.78 is 15.0. The van der Waals surface area contributed by atoms with Gasteiger partial charge in [0, 0.05) is 24.7 Å². The summed E-state index contributed by atoms with van der Waals surface area (Å²) in [4.78, 5) is 18.9. The van der Waals surface area contributed by atoms with Crippen LogP contribution in [-0.2, 0) is 13.0 Å². The molecule has 0 spiro atoms. The molecule has 0 radical (unpaired) electrons. The second kappa shape index (κ2) is 4.94. The Morgan fingerprint density at radius 1 is 1.14 bits per heavy atom. The quantitative estimate of drug-likeness (QED) is 0.692.